The van der Waals surface area contributed by atoms with Gasteiger partial charge in [-0.1, -0.05) is 11.6 Å². The van der Waals surface area contributed by atoms with Gasteiger partial charge < -0.3 is 15.5 Å². The topological polar surface area (TPSA) is 78.3 Å². The van der Waals surface area contributed by atoms with Crippen molar-refractivity contribution in [1.29, 1.82) is 0 Å². The SMILES string of the molecule is CC(O)(CO)CNc1nc(Cl)ncc1Cl. The quantitative estimate of drug-likeness (QED) is 0.695. The minimum atomic E-state index is -1.24. The van der Waals surface area contributed by atoms with E-state index in [4.69, 9.17) is 28.3 Å². The first kappa shape index (κ1) is 12.4. The lowest BCUT2D eigenvalue weighted by molar-refractivity contribution is 0.0132. The van der Waals surface area contributed by atoms with E-state index in [1.165, 1.54) is 13.1 Å². The second-order valence-electron chi connectivity index (χ2n) is 3.34. The van der Waals surface area contributed by atoms with E-state index >= 15 is 0 Å². The number of aromatic nitrogens is 2. The summed E-state index contributed by atoms with van der Waals surface area (Å²) in [5, 5.41) is 21.5. The molecule has 0 saturated heterocycles. The smallest absolute Gasteiger partial charge is 0.224 e. The van der Waals surface area contributed by atoms with Crippen LogP contribution in [0, 0.1) is 0 Å². The van der Waals surface area contributed by atoms with Gasteiger partial charge in [0.05, 0.1) is 12.8 Å². The van der Waals surface area contributed by atoms with Gasteiger partial charge in [0.15, 0.2) is 0 Å². The molecule has 0 aliphatic heterocycles. The van der Waals surface area contributed by atoms with Crippen molar-refractivity contribution in [1.82, 2.24) is 9.97 Å². The van der Waals surface area contributed by atoms with Crippen LogP contribution >= 0.6 is 23.2 Å². The molecular weight excluding hydrogens is 241 g/mol. The van der Waals surface area contributed by atoms with Crippen LogP contribution in [0.2, 0.25) is 10.3 Å². The maximum absolute atomic E-state index is 9.51. The molecule has 5 nitrogen and oxygen atoms in total. The number of aliphatic hydroxyl groups is 2. The van der Waals surface area contributed by atoms with Crippen LogP contribution in [0.1, 0.15) is 6.92 Å². The van der Waals surface area contributed by atoms with E-state index in [0.717, 1.165) is 0 Å². The predicted molar refractivity (Wildman–Crippen MR) is 58.3 cm³/mol. The molecule has 0 aliphatic rings. The van der Waals surface area contributed by atoms with Crippen LogP contribution in [-0.4, -0.2) is 38.9 Å². The van der Waals surface area contributed by atoms with Gasteiger partial charge in [-0.25, -0.2) is 4.98 Å². The van der Waals surface area contributed by atoms with E-state index in [0.29, 0.717) is 10.8 Å². The molecule has 84 valence electrons. The Bertz CT molecular complexity index is 347. The summed E-state index contributed by atoms with van der Waals surface area (Å²) in [6.45, 7) is 1.23. The average molecular weight is 252 g/mol. The summed E-state index contributed by atoms with van der Waals surface area (Å²) in [5.74, 6) is 0.324. The molecule has 0 saturated carbocycles. The van der Waals surface area contributed by atoms with Crippen molar-refractivity contribution in [3.63, 3.8) is 0 Å². The van der Waals surface area contributed by atoms with E-state index in [9.17, 15) is 5.11 Å². The highest BCUT2D eigenvalue weighted by Gasteiger charge is 2.19. The van der Waals surface area contributed by atoms with Crippen LogP contribution in [0.15, 0.2) is 6.20 Å². The monoisotopic (exact) mass is 251 g/mol. The highest BCUT2D eigenvalue weighted by Crippen LogP contribution is 2.19. The van der Waals surface area contributed by atoms with Gasteiger partial charge in [-0.15, -0.1) is 0 Å². The number of aliphatic hydroxyl groups excluding tert-OH is 1. The molecule has 7 heteroatoms. The highest BCUT2D eigenvalue weighted by molar-refractivity contribution is 6.33. The zero-order valence-electron chi connectivity index (χ0n) is 8.04. The van der Waals surface area contributed by atoms with E-state index in [1.54, 1.807) is 0 Å². The van der Waals surface area contributed by atoms with Crippen LogP contribution in [0.4, 0.5) is 5.82 Å². The molecule has 0 aromatic carbocycles. The molecule has 1 heterocycles. The van der Waals surface area contributed by atoms with Crippen molar-refractivity contribution < 1.29 is 10.2 Å². The molecule has 0 bridgehead atoms. The van der Waals surface area contributed by atoms with Crippen LogP contribution < -0.4 is 5.32 Å². The van der Waals surface area contributed by atoms with Crippen LogP contribution in [0.25, 0.3) is 0 Å². The van der Waals surface area contributed by atoms with Gasteiger partial charge in [-0.05, 0) is 18.5 Å². The lowest BCUT2D eigenvalue weighted by atomic mass is 10.1. The number of halogens is 2. The van der Waals surface area contributed by atoms with Crippen LogP contribution in [0.5, 0.6) is 0 Å². The van der Waals surface area contributed by atoms with Crippen molar-refractivity contribution in [2.75, 3.05) is 18.5 Å². The molecule has 0 fully saturated rings. The van der Waals surface area contributed by atoms with Gasteiger partial charge in [0.2, 0.25) is 5.28 Å². The Morgan fingerprint density at radius 1 is 1.53 bits per heavy atom. The molecule has 0 amide bonds. The van der Waals surface area contributed by atoms with Crippen LogP contribution in [-0.2, 0) is 0 Å². The third-order valence-corrected chi connectivity index (χ3v) is 2.15. The Balaban J connectivity index is 2.69. The predicted octanol–water partition coefficient (Wildman–Crippen LogP) is 0.939. The number of anilines is 1. The molecule has 0 radical (unpaired) electrons. The Hall–Kier alpha value is -0.620. The molecule has 0 aliphatic carbocycles. The third-order valence-electron chi connectivity index (χ3n) is 1.69. The second kappa shape index (κ2) is 4.94. The summed E-state index contributed by atoms with van der Waals surface area (Å²) in [6.07, 6.45) is 1.35. The first-order valence-corrected chi connectivity index (χ1v) is 4.95. The fourth-order valence-corrected chi connectivity index (χ4v) is 1.09. The number of rotatable bonds is 4. The third kappa shape index (κ3) is 3.79. The Kier molecular flexibility index (Phi) is 4.10. The van der Waals surface area contributed by atoms with E-state index in [2.05, 4.69) is 15.3 Å². The summed E-state index contributed by atoms with van der Waals surface area (Å²) in [7, 11) is 0. The molecule has 1 unspecified atom stereocenters. The molecule has 3 N–H and O–H groups in total. The summed E-state index contributed by atoms with van der Waals surface area (Å²) in [4.78, 5) is 7.50. The second-order valence-corrected chi connectivity index (χ2v) is 4.09. The summed E-state index contributed by atoms with van der Waals surface area (Å²) in [6, 6.07) is 0. The highest BCUT2D eigenvalue weighted by atomic mass is 35.5. The molecule has 15 heavy (non-hydrogen) atoms. The lowest BCUT2D eigenvalue weighted by Crippen LogP contribution is -2.37. The van der Waals surface area contributed by atoms with E-state index in [-0.39, 0.29) is 18.4 Å². The molecule has 1 rings (SSSR count). The van der Waals surface area contributed by atoms with Gasteiger partial charge in [-0.2, -0.15) is 4.98 Å². The van der Waals surface area contributed by atoms with Crippen molar-refractivity contribution in [3.05, 3.63) is 16.5 Å². The average Bonchev–Trinajstić information content (AvgIpc) is 2.20. The first-order valence-electron chi connectivity index (χ1n) is 4.20. The zero-order chi connectivity index (χ0) is 11.5. The van der Waals surface area contributed by atoms with Gasteiger partial charge >= 0.3 is 0 Å². The van der Waals surface area contributed by atoms with Crippen molar-refractivity contribution >= 4 is 29.0 Å². The van der Waals surface area contributed by atoms with Gasteiger partial charge in [0.25, 0.3) is 0 Å². The standard InChI is InChI=1S/C8H11Cl2N3O2/c1-8(15,4-14)3-12-6-5(9)2-11-7(10)13-6/h2,14-15H,3-4H2,1H3,(H,11,12,13). The maximum atomic E-state index is 9.51. The number of hydrogen-bond donors (Lipinski definition) is 3. The zero-order valence-corrected chi connectivity index (χ0v) is 9.55. The first-order chi connectivity index (χ1) is 6.94. The van der Waals surface area contributed by atoms with Crippen molar-refractivity contribution in [2.45, 2.75) is 12.5 Å². The number of nitrogens with zero attached hydrogens (tertiary/aromatic N) is 2. The van der Waals surface area contributed by atoms with Crippen LogP contribution in [0.3, 0.4) is 0 Å². The number of hydrogen-bond acceptors (Lipinski definition) is 5. The van der Waals surface area contributed by atoms with Gasteiger partial charge in [-0.3, -0.25) is 0 Å². The fourth-order valence-electron chi connectivity index (χ4n) is 0.800. The van der Waals surface area contributed by atoms with E-state index in [1.807, 2.05) is 0 Å². The molecule has 1 aromatic heterocycles. The minimum Gasteiger partial charge on any atom is -0.393 e. The summed E-state index contributed by atoms with van der Waals surface area (Å²) in [5.41, 5.74) is -1.24. The maximum Gasteiger partial charge on any atom is 0.224 e. The fraction of sp³-hybridized carbons (Fsp3) is 0.500. The minimum absolute atomic E-state index is 0.0607. The van der Waals surface area contributed by atoms with E-state index < -0.39 is 5.60 Å². The molecular formula is C8H11Cl2N3O2. The van der Waals surface area contributed by atoms with Crippen molar-refractivity contribution in [2.24, 2.45) is 0 Å². The Morgan fingerprint density at radius 2 is 2.20 bits per heavy atom. The summed E-state index contributed by atoms with van der Waals surface area (Å²) >= 11 is 11.3. The largest absolute Gasteiger partial charge is 0.393 e. The Morgan fingerprint density at radius 3 is 2.80 bits per heavy atom. The van der Waals surface area contributed by atoms with Gasteiger partial charge in [0, 0.05) is 6.54 Å². The summed E-state index contributed by atoms with van der Waals surface area (Å²) < 4.78 is 0. The van der Waals surface area contributed by atoms with Crippen molar-refractivity contribution in [3.8, 4) is 0 Å². The van der Waals surface area contributed by atoms with Gasteiger partial charge in [0.1, 0.15) is 16.4 Å². The number of nitrogens with one attached hydrogen (secondary N) is 1. The normalized spacial score (nSPS) is 14.7. The lowest BCUT2D eigenvalue weighted by Gasteiger charge is -2.21. The molecule has 0 spiro atoms. The molecule has 1 atom stereocenters. The Labute approximate surface area is 97.1 Å². The molecule has 1 aromatic rings.